The Morgan fingerprint density at radius 3 is 2.55 bits per heavy atom. The molecule has 1 aliphatic heterocycles. The van der Waals surface area contributed by atoms with Crippen molar-refractivity contribution in [3.8, 4) is 22.6 Å². The summed E-state index contributed by atoms with van der Waals surface area (Å²) in [6.07, 6.45) is 0.211. The van der Waals surface area contributed by atoms with Gasteiger partial charge in [0.25, 0.3) is 0 Å². The van der Waals surface area contributed by atoms with Crippen molar-refractivity contribution in [2.45, 2.75) is 6.42 Å². The van der Waals surface area contributed by atoms with Crippen molar-refractivity contribution in [2.24, 2.45) is 7.05 Å². The second kappa shape index (κ2) is 7.65. The highest BCUT2D eigenvalue weighted by atomic mass is 16.7. The SMILES string of the molecule is Cn1c(NC(=O)Cc2ccccc2)c(-c2ccc3c(c2)OCO3)c(=O)c2ccccc21. The number of nitrogens with one attached hydrogen (secondary N) is 1. The van der Waals surface area contributed by atoms with Gasteiger partial charge in [-0.05, 0) is 35.4 Å². The number of hydrogen-bond acceptors (Lipinski definition) is 4. The Bertz CT molecular complexity index is 1360. The number of hydrogen-bond donors (Lipinski definition) is 1. The lowest BCUT2D eigenvalue weighted by Crippen LogP contribution is -2.22. The molecule has 5 rings (SSSR count). The molecule has 0 saturated heterocycles. The van der Waals surface area contributed by atoms with Gasteiger partial charge >= 0.3 is 0 Å². The van der Waals surface area contributed by atoms with E-state index < -0.39 is 0 Å². The molecule has 3 aromatic carbocycles. The van der Waals surface area contributed by atoms with Gasteiger partial charge in [-0.3, -0.25) is 9.59 Å². The van der Waals surface area contributed by atoms with Crippen LogP contribution in [0.2, 0.25) is 0 Å². The van der Waals surface area contributed by atoms with Gasteiger partial charge in [-0.15, -0.1) is 0 Å². The first-order valence-corrected chi connectivity index (χ1v) is 9.97. The monoisotopic (exact) mass is 412 g/mol. The van der Waals surface area contributed by atoms with Crippen molar-refractivity contribution < 1.29 is 14.3 Å². The van der Waals surface area contributed by atoms with Crippen LogP contribution in [-0.2, 0) is 18.3 Å². The molecule has 4 aromatic rings. The molecule has 6 nitrogen and oxygen atoms in total. The molecule has 0 radical (unpaired) electrons. The summed E-state index contributed by atoms with van der Waals surface area (Å²) in [6, 6.07) is 22.2. The van der Waals surface area contributed by atoms with Gasteiger partial charge in [0, 0.05) is 12.4 Å². The van der Waals surface area contributed by atoms with E-state index in [1.54, 1.807) is 18.2 Å². The highest BCUT2D eigenvalue weighted by molar-refractivity contribution is 5.99. The molecule has 154 valence electrons. The molecule has 1 N–H and O–H groups in total. The number of nitrogens with zero attached hydrogens (tertiary/aromatic N) is 1. The minimum absolute atomic E-state index is 0.148. The molecule has 1 amide bonds. The molecule has 0 atom stereocenters. The molecule has 0 unspecified atom stereocenters. The van der Waals surface area contributed by atoms with Crippen molar-refractivity contribution in [3.05, 3.63) is 88.6 Å². The van der Waals surface area contributed by atoms with Crippen LogP contribution in [-0.4, -0.2) is 17.3 Å². The summed E-state index contributed by atoms with van der Waals surface area (Å²) in [5.41, 5.74) is 2.57. The van der Waals surface area contributed by atoms with Crippen molar-refractivity contribution in [3.63, 3.8) is 0 Å². The first-order chi connectivity index (χ1) is 15.1. The predicted octanol–water partition coefficient (Wildman–Crippen LogP) is 4.12. The summed E-state index contributed by atoms with van der Waals surface area (Å²) in [5.74, 6) is 1.47. The fourth-order valence-corrected chi connectivity index (χ4v) is 3.91. The molecule has 0 aliphatic carbocycles. The van der Waals surface area contributed by atoms with E-state index in [2.05, 4.69) is 5.32 Å². The van der Waals surface area contributed by atoms with Gasteiger partial charge in [0.05, 0.1) is 17.5 Å². The molecule has 31 heavy (non-hydrogen) atoms. The van der Waals surface area contributed by atoms with Crippen molar-refractivity contribution >= 4 is 22.6 Å². The Morgan fingerprint density at radius 1 is 0.968 bits per heavy atom. The van der Waals surface area contributed by atoms with Gasteiger partial charge in [0.1, 0.15) is 5.82 Å². The lowest BCUT2D eigenvalue weighted by Gasteiger charge is -2.18. The summed E-state index contributed by atoms with van der Waals surface area (Å²) >= 11 is 0. The lowest BCUT2D eigenvalue weighted by atomic mass is 10.0. The molecule has 1 aliphatic rings. The Labute approximate surface area is 178 Å². The van der Waals surface area contributed by atoms with Crippen LogP contribution in [0.5, 0.6) is 11.5 Å². The van der Waals surface area contributed by atoms with Crippen LogP contribution in [0.25, 0.3) is 22.0 Å². The van der Waals surface area contributed by atoms with Gasteiger partial charge in [0.15, 0.2) is 16.9 Å². The van der Waals surface area contributed by atoms with Crippen molar-refractivity contribution in [1.82, 2.24) is 4.57 Å². The zero-order valence-electron chi connectivity index (χ0n) is 16.9. The van der Waals surface area contributed by atoms with Crippen LogP contribution in [0.4, 0.5) is 5.82 Å². The first-order valence-electron chi connectivity index (χ1n) is 9.97. The van der Waals surface area contributed by atoms with E-state index in [1.165, 1.54) is 0 Å². The number of amides is 1. The molecule has 0 fully saturated rings. The maximum absolute atomic E-state index is 13.5. The van der Waals surface area contributed by atoms with E-state index in [9.17, 15) is 9.59 Å². The number of carbonyl (C=O) groups excluding carboxylic acids is 1. The maximum Gasteiger partial charge on any atom is 0.231 e. The molecule has 0 saturated carbocycles. The smallest absolute Gasteiger partial charge is 0.231 e. The number of fused-ring (bicyclic) bond motifs is 2. The first kappa shape index (κ1) is 18.9. The number of carbonyl (C=O) groups is 1. The van der Waals surface area contributed by atoms with Gasteiger partial charge in [-0.1, -0.05) is 48.5 Å². The van der Waals surface area contributed by atoms with Gasteiger partial charge in [-0.25, -0.2) is 0 Å². The highest BCUT2D eigenvalue weighted by Crippen LogP contribution is 2.37. The van der Waals surface area contributed by atoms with Crippen molar-refractivity contribution in [1.29, 1.82) is 0 Å². The van der Waals surface area contributed by atoms with Crippen LogP contribution in [0.3, 0.4) is 0 Å². The van der Waals surface area contributed by atoms with Crippen LogP contribution in [0.1, 0.15) is 5.56 Å². The fraction of sp³-hybridized carbons (Fsp3) is 0.120. The fourth-order valence-electron chi connectivity index (χ4n) is 3.91. The molecule has 6 heteroatoms. The summed E-state index contributed by atoms with van der Waals surface area (Å²) < 4.78 is 12.7. The third-order valence-electron chi connectivity index (χ3n) is 5.44. The van der Waals surface area contributed by atoms with Crippen LogP contribution in [0, 0.1) is 0 Å². The van der Waals surface area contributed by atoms with E-state index in [-0.39, 0.29) is 24.5 Å². The number of benzene rings is 3. The lowest BCUT2D eigenvalue weighted by molar-refractivity contribution is -0.115. The Morgan fingerprint density at radius 2 is 1.71 bits per heavy atom. The number of pyridine rings is 1. The van der Waals surface area contributed by atoms with Gasteiger partial charge in [-0.2, -0.15) is 0 Å². The van der Waals surface area contributed by atoms with Crippen LogP contribution < -0.4 is 20.2 Å². The standard InChI is InChI=1S/C25H20N2O4/c1-27-19-10-6-5-9-18(19)24(29)23(17-11-12-20-21(14-17)31-15-30-20)25(27)26-22(28)13-16-7-3-2-4-8-16/h2-12,14H,13,15H2,1H3,(H,26,28). The highest BCUT2D eigenvalue weighted by Gasteiger charge is 2.21. The Kier molecular flexibility index (Phi) is 4.67. The number of ether oxygens (including phenoxy) is 2. The average molecular weight is 412 g/mol. The van der Waals surface area contributed by atoms with Crippen molar-refractivity contribution in [2.75, 3.05) is 12.1 Å². The molecular formula is C25H20N2O4. The number of rotatable bonds is 4. The largest absolute Gasteiger partial charge is 0.454 e. The second-order valence-electron chi connectivity index (χ2n) is 7.41. The van der Waals surface area contributed by atoms with E-state index in [1.807, 2.05) is 66.2 Å². The third-order valence-corrected chi connectivity index (χ3v) is 5.44. The molecule has 2 heterocycles. The Hall–Kier alpha value is -4.06. The molecule has 0 bridgehead atoms. The quantitative estimate of drug-likeness (QED) is 0.548. The minimum atomic E-state index is -0.196. The summed E-state index contributed by atoms with van der Waals surface area (Å²) in [4.78, 5) is 26.4. The van der Waals surface area contributed by atoms with E-state index in [0.717, 1.165) is 11.1 Å². The van der Waals surface area contributed by atoms with E-state index in [4.69, 9.17) is 9.47 Å². The Balaban J connectivity index is 1.65. The number of aryl methyl sites for hydroxylation is 1. The normalized spacial score (nSPS) is 12.2. The number of aromatic nitrogens is 1. The summed E-state index contributed by atoms with van der Waals surface area (Å²) in [5, 5.41) is 3.56. The molecule has 1 aromatic heterocycles. The van der Waals surface area contributed by atoms with Gasteiger partial charge < -0.3 is 19.4 Å². The second-order valence-corrected chi connectivity index (χ2v) is 7.41. The molecule has 0 spiro atoms. The average Bonchev–Trinajstić information content (AvgIpc) is 3.26. The summed E-state index contributed by atoms with van der Waals surface area (Å²) in [6.45, 7) is 0.148. The van der Waals surface area contributed by atoms with E-state index in [0.29, 0.717) is 33.8 Å². The van der Waals surface area contributed by atoms with E-state index >= 15 is 0 Å². The summed E-state index contributed by atoms with van der Waals surface area (Å²) in [7, 11) is 1.84. The molecular weight excluding hydrogens is 392 g/mol. The van der Waals surface area contributed by atoms with Gasteiger partial charge in [0.2, 0.25) is 12.7 Å². The van der Waals surface area contributed by atoms with Crippen LogP contribution >= 0.6 is 0 Å². The minimum Gasteiger partial charge on any atom is -0.454 e. The number of anilines is 1. The zero-order valence-corrected chi connectivity index (χ0v) is 16.9. The zero-order chi connectivity index (χ0) is 21.4. The predicted molar refractivity (Wildman–Crippen MR) is 120 cm³/mol. The topological polar surface area (TPSA) is 69.6 Å². The third kappa shape index (κ3) is 3.42. The van der Waals surface area contributed by atoms with Crippen LogP contribution in [0.15, 0.2) is 77.6 Å². The number of para-hydroxylation sites is 1. The maximum atomic E-state index is 13.5.